The molecule has 4 aromatic rings. The fourth-order valence-corrected chi connectivity index (χ4v) is 4.44. The molecule has 160 valence electrons. The molecule has 0 aliphatic rings. The van der Waals surface area contributed by atoms with E-state index in [4.69, 9.17) is 15.3 Å². The molecule has 2 heterocycles. The molecule has 0 fully saturated rings. The normalized spacial score (nSPS) is 11.4. The monoisotopic (exact) mass is 445 g/mol. The van der Waals surface area contributed by atoms with Gasteiger partial charge in [-0.3, -0.25) is 0 Å². The predicted molar refractivity (Wildman–Crippen MR) is 124 cm³/mol. The molecule has 2 aromatic carbocycles. The average Bonchev–Trinajstić information content (AvgIpc) is 3.39. The number of benzene rings is 2. The van der Waals surface area contributed by atoms with Crippen molar-refractivity contribution in [1.29, 1.82) is 10.8 Å². The summed E-state index contributed by atoms with van der Waals surface area (Å²) in [6, 6.07) is 12.8. The zero-order valence-corrected chi connectivity index (χ0v) is 17.8. The Morgan fingerprint density at radius 1 is 1.09 bits per heavy atom. The van der Waals surface area contributed by atoms with Gasteiger partial charge in [-0.15, -0.1) is 0 Å². The summed E-state index contributed by atoms with van der Waals surface area (Å²) in [4.78, 5) is 4.38. The van der Waals surface area contributed by atoms with Crippen molar-refractivity contribution in [3.05, 3.63) is 83.9 Å². The van der Waals surface area contributed by atoms with Gasteiger partial charge in [0.05, 0.1) is 22.2 Å². The number of nitrogens with one attached hydrogen (secondary N) is 2. The van der Waals surface area contributed by atoms with Crippen LogP contribution in [0, 0.1) is 10.8 Å². The summed E-state index contributed by atoms with van der Waals surface area (Å²) >= 11 is 0. The first-order valence-electron chi connectivity index (χ1n) is 9.52. The molecular weight excluding hydrogens is 426 g/mol. The minimum absolute atomic E-state index is 0.0537. The van der Waals surface area contributed by atoms with Crippen molar-refractivity contribution in [3.8, 4) is 11.1 Å². The second kappa shape index (κ2) is 8.20. The van der Waals surface area contributed by atoms with E-state index in [1.54, 1.807) is 10.6 Å². The van der Waals surface area contributed by atoms with Crippen LogP contribution in [0.25, 0.3) is 28.2 Å². The Bertz CT molecular complexity index is 1460. The number of imidazole rings is 1. The number of rotatable bonds is 8. The zero-order valence-electron chi connectivity index (χ0n) is 16.9. The van der Waals surface area contributed by atoms with Crippen LogP contribution in [0.3, 0.4) is 0 Å². The van der Waals surface area contributed by atoms with Crippen molar-refractivity contribution in [2.24, 2.45) is 0 Å². The highest BCUT2D eigenvalue weighted by Crippen LogP contribution is 2.35. The van der Waals surface area contributed by atoms with Crippen LogP contribution in [0.4, 0.5) is 0 Å². The van der Waals surface area contributed by atoms with Crippen LogP contribution in [0.15, 0.2) is 70.4 Å². The topological polar surface area (TPSA) is 126 Å². The van der Waals surface area contributed by atoms with Crippen molar-refractivity contribution in [1.82, 2.24) is 14.7 Å². The van der Waals surface area contributed by atoms with Gasteiger partial charge in [-0.1, -0.05) is 48.6 Å². The van der Waals surface area contributed by atoms with E-state index in [1.807, 2.05) is 30.3 Å². The first-order chi connectivity index (χ1) is 15.4. The lowest BCUT2D eigenvalue weighted by Crippen LogP contribution is -2.04. The van der Waals surface area contributed by atoms with Gasteiger partial charge in [-0.25, -0.2) is 13.4 Å². The molecular formula is C23H19N5O3S. The largest absolute Gasteiger partial charge is 0.356 e. The molecule has 0 spiro atoms. The van der Waals surface area contributed by atoms with Crippen molar-refractivity contribution in [2.45, 2.75) is 11.4 Å². The van der Waals surface area contributed by atoms with Crippen LogP contribution in [0.1, 0.15) is 22.8 Å². The minimum Gasteiger partial charge on any atom is -0.356 e. The van der Waals surface area contributed by atoms with Crippen molar-refractivity contribution >= 4 is 39.4 Å². The number of sulfone groups is 1. The van der Waals surface area contributed by atoms with Gasteiger partial charge in [0, 0.05) is 18.2 Å². The Labute approximate surface area is 184 Å². The van der Waals surface area contributed by atoms with Gasteiger partial charge >= 0.3 is 0 Å². The summed E-state index contributed by atoms with van der Waals surface area (Å²) in [5, 5.41) is 20.2. The smallest absolute Gasteiger partial charge is 0.201 e. The fourth-order valence-electron chi connectivity index (χ4n) is 3.55. The SMILES string of the molecule is C=Cc1onc(C=N)c1-c1cc(S(=O)(=O)C=C)c2nc(C=N)n(Cc3ccccc3)c2c1. The highest BCUT2D eigenvalue weighted by Gasteiger charge is 2.24. The van der Waals surface area contributed by atoms with E-state index in [1.165, 1.54) is 12.1 Å². The third-order valence-corrected chi connectivity index (χ3v) is 6.41. The van der Waals surface area contributed by atoms with Crippen LogP contribution in [0.5, 0.6) is 0 Å². The zero-order chi connectivity index (χ0) is 22.9. The van der Waals surface area contributed by atoms with Gasteiger partial charge in [-0.05, 0) is 29.3 Å². The molecule has 0 aliphatic carbocycles. The molecule has 2 aromatic heterocycles. The molecule has 0 unspecified atom stereocenters. The van der Waals surface area contributed by atoms with Crippen LogP contribution in [-0.2, 0) is 16.4 Å². The maximum absolute atomic E-state index is 12.9. The van der Waals surface area contributed by atoms with E-state index in [-0.39, 0.29) is 16.1 Å². The van der Waals surface area contributed by atoms with E-state index >= 15 is 0 Å². The van der Waals surface area contributed by atoms with Crippen molar-refractivity contribution in [2.75, 3.05) is 0 Å². The summed E-state index contributed by atoms with van der Waals surface area (Å²) in [5.41, 5.74) is 2.86. The summed E-state index contributed by atoms with van der Waals surface area (Å²) in [5.74, 6) is 0.620. The van der Waals surface area contributed by atoms with E-state index in [0.717, 1.165) is 23.4 Å². The summed E-state index contributed by atoms with van der Waals surface area (Å²) in [7, 11) is -3.88. The second-order valence-electron chi connectivity index (χ2n) is 6.90. The maximum atomic E-state index is 12.9. The van der Waals surface area contributed by atoms with E-state index in [9.17, 15) is 8.42 Å². The Balaban J connectivity index is 2.10. The molecule has 0 amide bonds. The minimum atomic E-state index is -3.88. The third-order valence-electron chi connectivity index (χ3n) is 5.04. The Morgan fingerprint density at radius 2 is 1.84 bits per heavy atom. The number of hydrogen-bond acceptors (Lipinski definition) is 7. The Morgan fingerprint density at radius 3 is 2.47 bits per heavy atom. The van der Waals surface area contributed by atoms with Gasteiger partial charge in [0.15, 0.2) is 11.6 Å². The lowest BCUT2D eigenvalue weighted by Gasteiger charge is -2.10. The fraction of sp³-hybridized carbons (Fsp3) is 0.0435. The Hall–Kier alpha value is -4.11. The molecule has 2 N–H and O–H groups in total. The molecule has 0 atom stereocenters. The van der Waals surface area contributed by atoms with Gasteiger partial charge in [0.2, 0.25) is 9.84 Å². The van der Waals surface area contributed by atoms with Crippen LogP contribution in [0.2, 0.25) is 0 Å². The predicted octanol–water partition coefficient (Wildman–Crippen LogP) is 4.30. The molecule has 0 bridgehead atoms. The first kappa shape index (κ1) is 21.1. The summed E-state index contributed by atoms with van der Waals surface area (Å²) < 4.78 is 32.8. The molecule has 0 saturated heterocycles. The first-order valence-corrected chi connectivity index (χ1v) is 11.1. The van der Waals surface area contributed by atoms with E-state index < -0.39 is 9.84 Å². The lowest BCUT2D eigenvalue weighted by atomic mass is 10.0. The van der Waals surface area contributed by atoms with Crippen LogP contribution < -0.4 is 0 Å². The quantitative estimate of drug-likeness (QED) is 0.391. The van der Waals surface area contributed by atoms with E-state index in [0.29, 0.717) is 34.8 Å². The highest BCUT2D eigenvalue weighted by molar-refractivity contribution is 7.94. The van der Waals surface area contributed by atoms with Gasteiger partial charge < -0.3 is 19.9 Å². The van der Waals surface area contributed by atoms with Gasteiger partial charge in [0.25, 0.3) is 0 Å². The third kappa shape index (κ3) is 3.48. The number of hydrogen-bond donors (Lipinski definition) is 2. The molecule has 0 aliphatic heterocycles. The molecule has 32 heavy (non-hydrogen) atoms. The molecule has 0 radical (unpaired) electrons. The average molecular weight is 446 g/mol. The summed E-state index contributed by atoms with van der Waals surface area (Å²) in [6.45, 7) is 7.54. The van der Waals surface area contributed by atoms with E-state index in [2.05, 4.69) is 23.3 Å². The number of aromatic nitrogens is 3. The van der Waals surface area contributed by atoms with Crippen LogP contribution >= 0.6 is 0 Å². The molecule has 9 heteroatoms. The number of nitrogens with zero attached hydrogens (tertiary/aromatic N) is 3. The highest BCUT2D eigenvalue weighted by atomic mass is 32.2. The van der Waals surface area contributed by atoms with Crippen molar-refractivity contribution < 1.29 is 12.9 Å². The molecule has 8 nitrogen and oxygen atoms in total. The second-order valence-corrected chi connectivity index (χ2v) is 8.76. The Kier molecular flexibility index (Phi) is 5.41. The standard InChI is InChI=1S/C23H19N5O3S/c1-3-19-22(17(12-24)27-31-19)16-10-18-23(20(11-16)32(29,30)4-2)26-21(13-25)28(18)14-15-8-6-5-7-9-15/h3-13,24-25H,1-2,14H2. The maximum Gasteiger partial charge on any atom is 0.201 e. The van der Waals surface area contributed by atoms with Crippen molar-refractivity contribution in [3.63, 3.8) is 0 Å². The van der Waals surface area contributed by atoms with Gasteiger partial charge in [-0.2, -0.15) is 0 Å². The lowest BCUT2D eigenvalue weighted by molar-refractivity contribution is 0.412. The van der Waals surface area contributed by atoms with Gasteiger partial charge in [0.1, 0.15) is 11.2 Å². The summed E-state index contributed by atoms with van der Waals surface area (Å²) in [6.07, 6.45) is 3.57. The number of fused-ring (bicyclic) bond motifs is 1. The van der Waals surface area contributed by atoms with Crippen LogP contribution in [-0.4, -0.2) is 35.6 Å². The molecule has 0 saturated carbocycles. The molecule has 4 rings (SSSR count).